The molecule has 2 N–H and O–H groups in total. The minimum absolute atomic E-state index is 0. The Morgan fingerprint density at radius 2 is 1.96 bits per heavy atom. The van der Waals surface area contributed by atoms with Crippen LogP contribution in [0.4, 0.5) is 0 Å². The molecule has 0 aromatic heterocycles. The van der Waals surface area contributed by atoms with E-state index < -0.39 is 0 Å². The molecule has 1 aliphatic rings. The zero-order valence-corrected chi connectivity index (χ0v) is 17.5. The monoisotopic (exact) mass is 459 g/mol. The predicted molar refractivity (Wildman–Crippen MR) is 113 cm³/mol. The van der Waals surface area contributed by atoms with Crippen molar-refractivity contribution in [2.45, 2.75) is 44.4 Å². The first-order valence-electron chi connectivity index (χ1n) is 8.86. The molecule has 6 heteroatoms. The molecule has 25 heavy (non-hydrogen) atoms. The molecule has 1 aromatic rings. The van der Waals surface area contributed by atoms with Crippen LogP contribution in [0.1, 0.15) is 44.6 Å². The maximum Gasteiger partial charge on any atom is 0.305 e. The van der Waals surface area contributed by atoms with Gasteiger partial charge in [-0.25, -0.2) is 0 Å². The summed E-state index contributed by atoms with van der Waals surface area (Å²) in [4.78, 5) is 15.6. The van der Waals surface area contributed by atoms with E-state index >= 15 is 0 Å². The normalized spacial score (nSPS) is 15.5. The summed E-state index contributed by atoms with van der Waals surface area (Å²) in [7, 11) is 1.77. The number of ether oxygens (including phenoxy) is 1. The van der Waals surface area contributed by atoms with Gasteiger partial charge in [-0.05, 0) is 31.7 Å². The van der Waals surface area contributed by atoms with E-state index in [1.54, 1.807) is 7.05 Å². The summed E-state index contributed by atoms with van der Waals surface area (Å²) in [5.41, 5.74) is 1.63. The van der Waals surface area contributed by atoms with Gasteiger partial charge in [0, 0.05) is 32.0 Å². The van der Waals surface area contributed by atoms with Crippen LogP contribution in [0.25, 0.3) is 0 Å². The lowest BCUT2D eigenvalue weighted by Gasteiger charge is -2.43. The summed E-state index contributed by atoms with van der Waals surface area (Å²) in [6.45, 7) is 3.85. The molecule has 0 heterocycles. The van der Waals surface area contributed by atoms with Crippen molar-refractivity contribution in [3.8, 4) is 0 Å². The highest BCUT2D eigenvalue weighted by molar-refractivity contribution is 14.0. The number of aliphatic imine (C=N–C) groups is 1. The number of esters is 1. The molecule has 0 bridgehead atoms. The van der Waals surface area contributed by atoms with Crippen molar-refractivity contribution in [1.82, 2.24) is 10.6 Å². The highest BCUT2D eigenvalue weighted by atomic mass is 127. The average molecular weight is 459 g/mol. The number of hydrogen-bond acceptors (Lipinski definition) is 3. The number of benzene rings is 1. The van der Waals surface area contributed by atoms with Crippen LogP contribution < -0.4 is 10.6 Å². The van der Waals surface area contributed by atoms with Crippen molar-refractivity contribution in [3.63, 3.8) is 0 Å². The van der Waals surface area contributed by atoms with Gasteiger partial charge < -0.3 is 15.4 Å². The van der Waals surface area contributed by atoms with Crippen molar-refractivity contribution in [3.05, 3.63) is 35.9 Å². The predicted octanol–water partition coefficient (Wildman–Crippen LogP) is 3.23. The zero-order valence-electron chi connectivity index (χ0n) is 15.2. The highest BCUT2D eigenvalue weighted by Gasteiger charge is 2.38. The van der Waals surface area contributed by atoms with Crippen LogP contribution in [0.2, 0.25) is 0 Å². The van der Waals surface area contributed by atoms with Crippen LogP contribution in [0.5, 0.6) is 0 Å². The summed E-state index contributed by atoms with van der Waals surface area (Å²) in [5.74, 6) is 0.654. The molecular formula is C19H30IN3O2. The Hall–Kier alpha value is -1.31. The van der Waals surface area contributed by atoms with Crippen molar-refractivity contribution >= 4 is 35.9 Å². The fourth-order valence-corrected chi connectivity index (χ4v) is 3.11. The first-order chi connectivity index (χ1) is 11.7. The van der Waals surface area contributed by atoms with Crippen LogP contribution in [0, 0.1) is 0 Å². The van der Waals surface area contributed by atoms with Crippen molar-refractivity contribution in [2.24, 2.45) is 4.99 Å². The third-order valence-corrected chi connectivity index (χ3v) is 4.67. The van der Waals surface area contributed by atoms with Gasteiger partial charge >= 0.3 is 5.97 Å². The molecule has 0 radical (unpaired) electrons. The van der Waals surface area contributed by atoms with Crippen molar-refractivity contribution in [1.29, 1.82) is 0 Å². The lowest BCUT2D eigenvalue weighted by molar-refractivity contribution is -0.143. The quantitative estimate of drug-likeness (QED) is 0.206. The van der Waals surface area contributed by atoms with Gasteiger partial charge in [0.05, 0.1) is 6.61 Å². The van der Waals surface area contributed by atoms with E-state index in [2.05, 4.69) is 46.0 Å². The number of halogens is 1. The van der Waals surface area contributed by atoms with E-state index in [1.807, 2.05) is 6.92 Å². The summed E-state index contributed by atoms with van der Waals surface area (Å²) in [6.07, 6.45) is 4.88. The number of carbonyl (C=O) groups excluding carboxylic acids is 1. The molecule has 0 atom stereocenters. The van der Waals surface area contributed by atoms with Gasteiger partial charge in [-0.2, -0.15) is 0 Å². The van der Waals surface area contributed by atoms with Crippen LogP contribution >= 0.6 is 24.0 Å². The van der Waals surface area contributed by atoms with E-state index in [0.29, 0.717) is 19.6 Å². The summed E-state index contributed by atoms with van der Waals surface area (Å²) in [6, 6.07) is 10.7. The smallest absolute Gasteiger partial charge is 0.305 e. The van der Waals surface area contributed by atoms with Gasteiger partial charge in [-0.15, -0.1) is 24.0 Å². The Balaban J connectivity index is 0.00000312. The lowest BCUT2D eigenvalue weighted by Crippen LogP contribution is -2.49. The Kier molecular flexibility index (Phi) is 9.85. The SMILES string of the molecule is CCOC(=O)CCCNC(=NC)NCC1(c2ccccc2)CCC1.I. The molecular weight excluding hydrogens is 429 g/mol. The largest absolute Gasteiger partial charge is 0.466 e. The zero-order chi connectivity index (χ0) is 17.3. The Labute approximate surface area is 168 Å². The molecule has 0 spiro atoms. The standard InChI is InChI=1S/C19H29N3O2.HI/c1-3-24-17(23)11-7-14-21-18(20-2)22-15-19(12-8-13-19)16-9-5-4-6-10-16;/h4-6,9-10H,3,7-8,11-15H2,1-2H3,(H2,20,21,22);1H. The van der Waals surface area contributed by atoms with E-state index in [9.17, 15) is 4.79 Å². The number of rotatable bonds is 8. The van der Waals surface area contributed by atoms with E-state index in [0.717, 1.165) is 18.9 Å². The number of nitrogens with one attached hydrogen (secondary N) is 2. The van der Waals surface area contributed by atoms with Crippen LogP contribution in [0.15, 0.2) is 35.3 Å². The molecule has 1 saturated carbocycles. The second kappa shape index (κ2) is 11.3. The second-order valence-electron chi connectivity index (χ2n) is 6.26. The van der Waals surface area contributed by atoms with Crippen LogP contribution in [-0.2, 0) is 14.9 Å². The van der Waals surface area contributed by atoms with Crippen LogP contribution in [0.3, 0.4) is 0 Å². The molecule has 0 aliphatic heterocycles. The fraction of sp³-hybridized carbons (Fsp3) is 0.579. The average Bonchev–Trinajstić information content (AvgIpc) is 2.57. The molecule has 1 aromatic carbocycles. The maximum atomic E-state index is 11.3. The molecule has 0 amide bonds. The minimum Gasteiger partial charge on any atom is -0.466 e. The molecule has 5 nitrogen and oxygen atoms in total. The molecule has 0 unspecified atom stereocenters. The molecule has 140 valence electrons. The second-order valence-corrected chi connectivity index (χ2v) is 6.26. The summed E-state index contributed by atoms with van der Waals surface area (Å²) in [5, 5.41) is 6.72. The number of hydrogen-bond donors (Lipinski definition) is 2. The molecule has 2 rings (SSSR count). The van der Waals surface area contributed by atoms with Gasteiger partial charge in [-0.3, -0.25) is 9.79 Å². The first kappa shape index (κ1) is 21.7. The van der Waals surface area contributed by atoms with Crippen LogP contribution in [-0.4, -0.2) is 38.7 Å². The van der Waals surface area contributed by atoms with E-state index in [-0.39, 0.29) is 35.4 Å². The van der Waals surface area contributed by atoms with Gasteiger partial charge in [0.15, 0.2) is 5.96 Å². The third-order valence-electron chi connectivity index (χ3n) is 4.67. The molecule has 1 aliphatic carbocycles. The summed E-state index contributed by atoms with van der Waals surface area (Å²) >= 11 is 0. The fourth-order valence-electron chi connectivity index (χ4n) is 3.11. The highest BCUT2D eigenvalue weighted by Crippen LogP contribution is 2.43. The van der Waals surface area contributed by atoms with Crippen molar-refractivity contribution < 1.29 is 9.53 Å². The molecule has 1 fully saturated rings. The topological polar surface area (TPSA) is 62.7 Å². The molecule has 0 saturated heterocycles. The minimum atomic E-state index is -0.139. The Bertz CT molecular complexity index is 545. The summed E-state index contributed by atoms with van der Waals surface area (Å²) < 4.78 is 4.93. The van der Waals surface area contributed by atoms with Gasteiger partial charge in [0.2, 0.25) is 0 Å². The number of nitrogens with zero attached hydrogens (tertiary/aromatic N) is 1. The van der Waals surface area contributed by atoms with Crippen molar-refractivity contribution in [2.75, 3.05) is 26.7 Å². The number of guanidine groups is 1. The third kappa shape index (κ3) is 6.49. The first-order valence-corrected chi connectivity index (χ1v) is 8.86. The number of carbonyl (C=O) groups is 1. The maximum absolute atomic E-state index is 11.3. The van der Waals surface area contributed by atoms with E-state index in [4.69, 9.17) is 4.74 Å². The van der Waals surface area contributed by atoms with Gasteiger partial charge in [0.1, 0.15) is 0 Å². The van der Waals surface area contributed by atoms with Gasteiger partial charge in [0.25, 0.3) is 0 Å². The van der Waals surface area contributed by atoms with Gasteiger partial charge in [-0.1, -0.05) is 36.8 Å². The Morgan fingerprint density at radius 3 is 2.52 bits per heavy atom. The Morgan fingerprint density at radius 1 is 1.24 bits per heavy atom. The van der Waals surface area contributed by atoms with E-state index in [1.165, 1.54) is 24.8 Å². The lowest BCUT2D eigenvalue weighted by atomic mass is 9.64.